The first-order chi connectivity index (χ1) is 13.1. The van der Waals surface area contributed by atoms with Crippen molar-refractivity contribution in [3.05, 3.63) is 52.2 Å². The lowest BCUT2D eigenvalue weighted by atomic mass is 10.2. The van der Waals surface area contributed by atoms with Crippen LogP contribution in [0.15, 0.2) is 41.8 Å². The third kappa shape index (κ3) is 5.25. The molecular weight excluding hydrogens is 374 g/mol. The number of amides is 1. The minimum Gasteiger partial charge on any atom is -0.309 e. The lowest BCUT2D eigenvalue weighted by Gasteiger charge is -2.19. The molecule has 2 aromatic heterocycles. The SMILES string of the molecule is CCc1ccc2nc(N(CCCN(C)C)C(=O)/C=C/c3cccs3)sc2c1. The second-order valence-electron chi connectivity index (χ2n) is 6.65. The quantitative estimate of drug-likeness (QED) is 0.505. The fourth-order valence-corrected chi connectivity index (χ4v) is 4.45. The monoisotopic (exact) mass is 399 g/mol. The van der Waals surface area contributed by atoms with Crippen LogP contribution in [0, 0.1) is 0 Å². The van der Waals surface area contributed by atoms with Crippen LogP contribution in [0.3, 0.4) is 0 Å². The van der Waals surface area contributed by atoms with Gasteiger partial charge >= 0.3 is 0 Å². The van der Waals surface area contributed by atoms with Crippen LogP contribution in [-0.4, -0.2) is 43.0 Å². The molecule has 3 aromatic rings. The van der Waals surface area contributed by atoms with Crippen LogP contribution in [0.4, 0.5) is 5.13 Å². The van der Waals surface area contributed by atoms with Gasteiger partial charge in [-0.15, -0.1) is 11.3 Å². The van der Waals surface area contributed by atoms with Crippen molar-refractivity contribution < 1.29 is 4.79 Å². The Bertz CT molecular complexity index is 913. The summed E-state index contributed by atoms with van der Waals surface area (Å²) in [7, 11) is 4.10. The minimum atomic E-state index is -0.0167. The van der Waals surface area contributed by atoms with Gasteiger partial charge in [0.15, 0.2) is 5.13 Å². The number of hydrogen-bond donors (Lipinski definition) is 0. The molecule has 3 rings (SSSR count). The topological polar surface area (TPSA) is 36.4 Å². The summed E-state index contributed by atoms with van der Waals surface area (Å²) in [6, 6.07) is 10.3. The number of benzene rings is 1. The van der Waals surface area contributed by atoms with Crippen LogP contribution in [0.2, 0.25) is 0 Å². The van der Waals surface area contributed by atoms with Crippen LogP contribution >= 0.6 is 22.7 Å². The van der Waals surface area contributed by atoms with E-state index in [1.54, 1.807) is 28.7 Å². The van der Waals surface area contributed by atoms with E-state index in [0.29, 0.717) is 6.54 Å². The second-order valence-corrected chi connectivity index (χ2v) is 8.64. The van der Waals surface area contributed by atoms with E-state index < -0.39 is 0 Å². The lowest BCUT2D eigenvalue weighted by molar-refractivity contribution is -0.114. The number of hydrogen-bond acceptors (Lipinski definition) is 5. The maximum Gasteiger partial charge on any atom is 0.252 e. The maximum absolute atomic E-state index is 12.9. The maximum atomic E-state index is 12.9. The molecule has 6 heteroatoms. The highest BCUT2D eigenvalue weighted by Gasteiger charge is 2.18. The second kappa shape index (κ2) is 9.26. The molecule has 0 bridgehead atoms. The van der Waals surface area contributed by atoms with Crippen LogP contribution in [0.25, 0.3) is 16.3 Å². The highest BCUT2D eigenvalue weighted by Crippen LogP contribution is 2.30. The Labute approximate surface area is 168 Å². The van der Waals surface area contributed by atoms with Crippen LogP contribution in [-0.2, 0) is 11.2 Å². The molecule has 0 aliphatic carbocycles. The lowest BCUT2D eigenvalue weighted by Crippen LogP contribution is -2.32. The summed E-state index contributed by atoms with van der Waals surface area (Å²) in [5.41, 5.74) is 2.25. The van der Waals surface area contributed by atoms with Crippen molar-refractivity contribution in [2.75, 3.05) is 32.1 Å². The highest BCUT2D eigenvalue weighted by atomic mass is 32.1. The van der Waals surface area contributed by atoms with Gasteiger partial charge in [-0.05, 0) is 68.7 Å². The summed E-state index contributed by atoms with van der Waals surface area (Å²) in [5, 5.41) is 2.79. The number of rotatable bonds is 8. The van der Waals surface area contributed by atoms with Crippen molar-refractivity contribution in [2.24, 2.45) is 0 Å². The summed E-state index contributed by atoms with van der Waals surface area (Å²) in [4.78, 5) is 22.7. The number of nitrogens with zero attached hydrogens (tertiary/aromatic N) is 3. The number of aromatic nitrogens is 1. The molecule has 0 fully saturated rings. The Morgan fingerprint density at radius 1 is 1.22 bits per heavy atom. The Morgan fingerprint density at radius 3 is 2.78 bits per heavy atom. The smallest absolute Gasteiger partial charge is 0.252 e. The van der Waals surface area contributed by atoms with E-state index in [1.165, 1.54) is 5.56 Å². The van der Waals surface area contributed by atoms with E-state index in [1.807, 2.05) is 42.6 Å². The van der Waals surface area contributed by atoms with Gasteiger partial charge in [-0.3, -0.25) is 9.69 Å². The minimum absolute atomic E-state index is 0.0167. The van der Waals surface area contributed by atoms with Gasteiger partial charge in [-0.25, -0.2) is 4.98 Å². The first kappa shape index (κ1) is 19.7. The predicted octanol–water partition coefficient (Wildman–Crippen LogP) is 4.92. The molecule has 0 aliphatic heterocycles. The average Bonchev–Trinajstić information content (AvgIpc) is 3.31. The molecule has 0 unspecified atom stereocenters. The van der Waals surface area contributed by atoms with Crippen molar-refractivity contribution >= 4 is 50.0 Å². The molecule has 4 nitrogen and oxygen atoms in total. The molecule has 1 amide bonds. The van der Waals surface area contributed by atoms with Crippen LogP contribution < -0.4 is 4.90 Å². The molecule has 0 aliphatic rings. The average molecular weight is 400 g/mol. The number of thiazole rings is 1. The molecule has 0 saturated carbocycles. The number of carbonyl (C=O) groups is 1. The third-order valence-corrected chi connectivity index (χ3v) is 6.15. The molecule has 2 heterocycles. The molecule has 1 aromatic carbocycles. The predicted molar refractivity (Wildman–Crippen MR) is 118 cm³/mol. The number of anilines is 1. The zero-order chi connectivity index (χ0) is 19.2. The van der Waals surface area contributed by atoms with E-state index >= 15 is 0 Å². The number of aryl methyl sites for hydroxylation is 1. The zero-order valence-electron chi connectivity index (χ0n) is 16.0. The van der Waals surface area contributed by atoms with Gasteiger partial charge < -0.3 is 4.90 Å². The van der Waals surface area contributed by atoms with E-state index in [0.717, 1.165) is 39.6 Å². The van der Waals surface area contributed by atoms with E-state index in [9.17, 15) is 4.79 Å². The normalized spacial score (nSPS) is 11.7. The summed E-state index contributed by atoms with van der Waals surface area (Å²) < 4.78 is 1.14. The number of thiophene rings is 1. The Morgan fingerprint density at radius 2 is 2.07 bits per heavy atom. The summed E-state index contributed by atoms with van der Waals surface area (Å²) in [6.45, 7) is 3.74. The summed E-state index contributed by atoms with van der Waals surface area (Å²) >= 11 is 3.22. The van der Waals surface area contributed by atoms with E-state index in [2.05, 4.69) is 30.0 Å². The largest absolute Gasteiger partial charge is 0.309 e. The number of fused-ring (bicyclic) bond motifs is 1. The summed E-state index contributed by atoms with van der Waals surface area (Å²) in [5.74, 6) is -0.0167. The first-order valence-electron chi connectivity index (χ1n) is 9.14. The van der Waals surface area contributed by atoms with Gasteiger partial charge in [-0.1, -0.05) is 30.4 Å². The van der Waals surface area contributed by atoms with Crippen LogP contribution in [0.1, 0.15) is 23.8 Å². The molecule has 0 atom stereocenters. The van der Waals surface area contributed by atoms with Crippen molar-refractivity contribution in [2.45, 2.75) is 19.8 Å². The van der Waals surface area contributed by atoms with Crippen molar-refractivity contribution in [1.82, 2.24) is 9.88 Å². The molecule has 0 N–H and O–H groups in total. The van der Waals surface area contributed by atoms with Gasteiger partial charge in [0, 0.05) is 17.5 Å². The van der Waals surface area contributed by atoms with Crippen molar-refractivity contribution in [3.8, 4) is 0 Å². The number of carbonyl (C=O) groups excluding carboxylic acids is 1. The van der Waals surface area contributed by atoms with Gasteiger partial charge in [0.05, 0.1) is 10.2 Å². The zero-order valence-corrected chi connectivity index (χ0v) is 17.6. The molecule has 0 spiro atoms. The van der Waals surface area contributed by atoms with Crippen molar-refractivity contribution in [1.29, 1.82) is 0 Å². The Kier molecular flexibility index (Phi) is 6.77. The Balaban J connectivity index is 1.85. The standard InChI is InChI=1S/C21H25N3OS2/c1-4-16-8-10-18-19(15-16)27-21(22-18)24(13-6-12-23(2)3)20(25)11-9-17-7-5-14-26-17/h5,7-11,14-15H,4,6,12-13H2,1-3H3/b11-9+. The van der Waals surface area contributed by atoms with Gasteiger partial charge in [-0.2, -0.15) is 0 Å². The summed E-state index contributed by atoms with van der Waals surface area (Å²) in [6.07, 6.45) is 5.44. The molecule has 0 saturated heterocycles. The highest BCUT2D eigenvalue weighted by molar-refractivity contribution is 7.22. The molecule has 0 radical (unpaired) electrons. The fraction of sp³-hybridized carbons (Fsp3) is 0.333. The van der Waals surface area contributed by atoms with E-state index in [-0.39, 0.29) is 5.91 Å². The molecule has 27 heavy (non-hydrogen) atoms. The van der Waals surface area contributed by atoms with Crippen molar-refractivity contribution in [3.63, 3.8) is 0 Å². The van der Waals surface area contributed by atoms with E-state index in [4.69, 9.17) is 4.98 Å². The van der Waals surface area contributed by atoms with Gasteiger partial charge in [0.1, 0.15) is 0 Å². The van der Waals surface area contributed by atoms with Gasteiger partial charge in [0.2, 0.25) is 0 Å². The molecule has 142 valence electrons. The first-order valence-corrected chi connectivity index (χ1v) is 10.8. The third-order valence-electron chi connectivity index (χ3n) is 4.27. The fourth-order valence-electron chi connectivity index (χ4n) is 2.77. The molecular formula is C21H25N3OS2. The van der Waals surface area contributed by atoms with Crippen LogP contribution in [0.5, 0.6) is 0 Å². The van der Waals surface area contributed by atoms with Gasteiger partial charge in [0.25, 0.3) is 5.91 Å². The Hall–Kier alpha value is -2.02.